The van der Waals surface area contributed by atoms with Crippen LogP contribution < -0.4 is 0 Å². The third kappa shape index (κ3) is 3.07. The van der Waals surface area contributed by atoms with Gasteiger partial charge in [-0.3, -0.25) is 4.79 Å². The van der Waals surface area contributed by atoms with Crippen molar-refractivity contribution in [2.45, 2.75) is 63.6 Å². The Bertz CT molecular complexity index is 461. The standard InChI is InChI=1S/C19H28O3/c1-12-10-15-14(18(21)11-16(15)19(12)22)8-5-9-17(20)13-6-3-2-4-7-13/h5,8,13-18,20-21H,1-4,6-7,9-11H2/b8-5+/t14-,15-,16-,17?,18+/m0/s1. The first-order chi connectivity index (χ1) is 10.6. The first-order valence-corrected chi connectivity index (χ1v) is 8.82. The Labute approximate surface area is 133 Å². The van der Waals surface area contributed by atoms with Crippen LogP contribution >= 0.6 is 0 Å². The fourth-order valence-corrected chi connectivity index (χ4v) is 4.73. The molecule has 1 unspecified atom stereocenters. The van der Waals surface area contributed by atoms with Crippen LogP contribution in [-0.4, -0.2) is 28.2 Å². The van der Waals surface area contributed by atoms with Crippen molar-refractivity contribution in [1.29, 1.82) is 0 Å². The molecule has 122 valence electrons. The van der Waals surface area contributed by atoms with Gasteiger partial charge in [-0.15, -0.1) is 0 Å². The molecule has 5 atom stereocenters. The second kappa shape index (κ2) is 6.67. The molecule has 0 heterocycles. The van der Waals surface area contributed by atoms with Crippen molar-refractivity contribution in [3.05, 3.63) is 24.3 Å². The van der Waals surface area contributed by atoms with Crippen molar-refractivity contribution in [3.63, 3.8) is 0 Å². The number of allylic oxidation sites excluding steroid dienone is 1. The summed E-state index contributed by atoms with van der Waals surface area (Å²) in [5.41, 5.74) is 0.725. The van der Waals surface area contributed by atoms with Gasteiger partial charge in [-0.05, 0) is 49.5 Å². The highest BCUT2D eigenvalue weighted by molar-refractivity contribution is 5.99. The molecular weight excluding hydrogens is 276 g/mol. The molecule has 0 aromatic heterocycles. The summed E-state index contributed by atoms with van der Waals surface area (Å²) in [5.74, 6) is 0.833. The van der Waals surface area contributed by atoms with Gasteiger partial charge in [0.05, 0.1) is 12.2 Å². The van der Waals surface area contributed by atoms with E-state index in [-0.39, 0.29) is 29.6 Å². The van der Waals surface area contributed by atoms with Crippen molar-refractivity contribution in [1.82, 2.24) is 0 Å². The van der Waals surface area contributed by atoms with Gasteiger partial charge in [0.25, 0.3) is 0 Å². The van der Waals surface area contributed by atoms with Gasteiger partial charge in [-0.2, -0.15) is 0 Å². The summed E-state index contributed by atoms with van der Waals surface area (Å²) < 4.78 is 0. The number of aliphatic hydroxyl groups excluding tert-OH is 2. The first kappa shape index (κ1) is 15.9. The Hall–Kier alpha value is -0.930. The highest BCUT2D eigenvalue weighted by Gasteiger charge is 2.49. The molecule has 3 fully saturated rings. The number of carbonyl (C=O) groups is 1. The lowest BCUT2D eigenvalue weighted by Crippen LogP contribution is -2.22. The quantitative estimate of drug-likeness (QED) is 0.620. The number of fused-ring (bicyclic) bond motifs is 1. The van der Waals surface area contributed by atoms with Crippen LogP contribution in [0.3, 0.4) is 0 Å². The largest absolute Gasteiger partial charge is 0.393 e. The number of hydrogen-bond donors (Lipinski definition) is 2. The molecule has 3 aliphatic rings. The van der Waals surface area contributed by atoms with Gasteiger partial charge in [0.1, 0.15) is 0 Å². The minimum Gasteiger partial charge on any atom is -0.393 e. The maximum absolute atomic E-state index is 12.0. The average molecular weight is 304 g/mol. The Morgan fingerprint density at radius 2 is 2.00 bits per heavy atom. The summed E-state index contributed by atoms with van der Waals surface area (Å²) in [5, 5.41) is 20.5. The monoisotopic (exact) mass is 304 g/mol. The van der Waals surface area contributed by atoms with Crippen molar-refractivity contribution >= 4 is 5.78 Å². The van der Waals surface area contributed by atoms with E-state index in [0.29, 0.717) is 18.8 Å². The molecule has 2 N–H and O–H groups in total. The Morgan fingerprint density at radius 1 is 1.27 bits per heavy atom. The van der Waals surface area contributed by atoms with E-state index in [1.807, 2.05) is 12.2 Å². The van der Waals surface area contributed by atoms with Crippen LogP contribution in [0, 0.1) is 23.7 Å². The maximum Gasteiger partial charge on any atom is 0.161 e. The van der Waals surface area contributed by atoms with E-state index in [9.17, 15) is 15.0 Å². The lowest BCUT2D eigenvalue weighted by atomic mass is 9.84. The van der Waals surface area contributed by atoms with Gasteiger partial charge < -0.3 is 10.2 Å². The summed E-state index contributed by atoms with van der Waals surface area (Å²) in [4.78, 5) is 12.0. The van der Waals surface area contributed by atoms with Gasteiger partial charge >= 0.3 is 0 Å². The van der Waals surface area contributed by atoms with Crippen LogP contribution in [0.15, 0.2) is 24.3 Å². The number of carbonyl (C=O) groups excluding carboxylic acids is 1. The normalized spacial score (nSPS) is 37.9. The number of aliphatic hydroxyl groups is 2. The second-order valence-electron chi connectivity index (χ2n) is 7.45. The molecule has 0 bridgehead atoms. The van der Waals surface area contributed by atoms with Gasteiger partial charge in [-0.1, -0.05) is 38.0 Å². The predicted molar refractivity (Wildman–Crippen MR) is 86.2 cm³/mol. The highest BCUT2D eigenvalue weighted by Crippen LogP contribution is 2.48. The van der Waals surface area contributed by atoms with E-state index < -0.39 is 6.10 Å². The summed E-state index contributed by atoms with van der Waals surface area (Å²) >= 11 is 0. The van der Waals surface area contributed by atoms with Crippen molar-refractivity contribution < 1.29 is 15.0 Å². The zero-order chi connectivity index (χ0) is 15.7. The zero-order valence-electron chi connectivity index (χ0n) is 13.3. The molecule has 0 saturated heterocycles. The zero-order valence-corrected chi connectivity index (χ0v) is 13.3. The second-order valence-corrected chi connectivity index (χ2v) is 7.45. The molecule has 22 heavy (non-hydrogen) atoms. The third-order valence-electron chi connectivity index (χ3n) is 6.05. The topological polar surface area (TPSA) is 57.5 Å². The molecule has 0 radical (unpaired) electrons. The number of hydrogen-bond acceptors (Lipinski definition) is 3. The molecule has 3 nitrogen and oxygen atoms in total. The average Bonchev–Trinajstić information content (AvgIpc) is 2.97. The molecule has 3 aliphatic carbocycles. The van der Waals surface area contributed by atoms with Gasteiger partial charge in [0.15, 0.2) is 5.78 Å². The molecule has 3 rings (SSSR count). The Balaban J connectivity index is 1.55. The Morgan fingerprint density at radius 3 is 2.73 bits per heavy atom. The van der Waals surface area contributed by atoms with Crippen LogP contribution in [0.2, 0.25) is 0 Å². The number of rotatable bonds is 4. The van der Waals surface area contributed by atoms with Crippen molar-refractivity contribution in [2.24, 2.45) is 23.7 Å². The van der Waals surface area contributed by atoms with Gasteiger partial charge in [-0.25, -0.2) is 0 Å². The summed E-state index contributed by atoms with van der Waals surface area (Å²) in [6, 6.07) is 0. The molecule has 0 aliphatic heterocycles. The molecule has 0 aromatic rings. The van der Waals surface area contributed by atoms with E-state index in [0.717, 1.165) is 24.8 Å². The minimum atomic E-state index is -0.421. The van der Waals surface area contributed by atoms with E-state index >= 15 is 0 Å². The number of ketones is 1. The molecule has 0 amide bonds. The fourth-order valence-electron chi connectivity index (χ4n) is 4.73. The summed E-state index contributed by atoms with van der Waals surface area (Å²) in [6.07, 6.45) is 11.4. The number of Topliss-reactive ketones (excluding diaryl/α,β-unsaturated/α-hetero) is 1. The fraction of sp³-hybridized carbons (Fsp3) is 0.737. The molecule has 0 spiro atoms. The van der Waals surface area contributed by atoms with Crippen LogP contribution in [0.25, 0.3) is 0 Å². The smallest absolute Gasteiger partial charge is 0.161 e. The minimum absolute atomic E-state index is 0.0274. The highest BCUT2D eigenvalue weighted by atomic mass is 16.3. The van der Waals surface area contributed by atoms with Crippen LogP contribution in [-0.2, 0) is 4.79 Å². The lowest BCUT2D eigenvalue weighted by Gasteiger charge is -2.26. The van der Waals surface area contributed by atoms with E-state index in [1.165, 1.54) is 19.3 Å². The molecule has 0 aromatic carbocycles. The third-order valence-corrected chi connectivity index (χ3v) is 6.05. The molecule has 3 heteroatoms. The lowest BCUT2D eigenvalue weighted by molar-refractivity contribution is -0.118. The Kier molecular flexibility index (Phi) is 4.84. The maximum atomic E-state index is 12.0. The van der Waals surface area contributed by atoms with Crippen LogP contribution in [0.4, 0.5) is 0 Å². The summed E-state index contributed by atoms with van der Waals surface area (Å²) in [6.45, 7) is 3.85. The SMILES string of the molecule is C=C1C[C@H]2[C@H](/C=C/CC(O)C3CCCCC3)[C@H](O)C[C@@H]2C1=O. The van der Waals surface area contributed by atoms with E-state index in [4.69, 9.17) is 0 Å². The van der Waals surface area contributed by atoms with E-state index in [2.05, 4.69) is 6.58 Å². The summed E-state index contributed by atoms with van der Waals surface area (Å²) in [7, 11) is 0. The van der Waals surface area contributed by atoms with Crippen molar-refractivity contribution in [2.75, 3.05) is 0 Å². The first-order valence-electron chi connectivity index (χ1n) is 8.82. The van der Waals surface area contributed by atoms with Gasteiger partial charge in [0, 0.05) is 11.8 Å². The van der Waals surface area contributed by atoms with E-state index in [1.54, 1.807) is 0 Å². The van der Waals surface area contributed by atoms with Crippen molar-refractivity contribution in [3.8, 4) is 0 Å². The molecular formula is C19H28O3. The van der Waals surface area contributed by atoms with Crippen LogP contribution in [0.1, 0.15) is 51.4 Å². The predicted octanol–water partition coefficient (Wildman–Crippen LogP) is 3.02. The van der Waals surface area contributed by atoms with Gasteiger partial charge in [0.2, 0.25) is 0 Å². The molecule has 3 saturated carbocycles. The van der Waals surface area contributed by atoms with Crippen LogP contribution in [0.5, 0.6) is 0 Å².